The van der Waals surface area contributed by atoms with E-state index in [2.05, 4.69) is 10.2 Å². The van der Waals surface area contributed by atoms with Gasteiger partial charge in [0.05, 0.1) is 23.1 Å². The zero-order chi connectivity index (χ0) is 22.2. The molecule has 31 heavy (non-hydrogen) atoms. The van der Waals surface area contributed by atoms with Crippen LogP contribution in [-0.4, -0.2) is 50.6 Å². The largest absolute Gasteiger partial charge is 0.497 e. The summed E-state index contributed by atoms with van der Waals surface area (Å²) in [7, 11) is -2.75. The zero-order valence-electron chi connectivity index (χ0n) is 16.8. The van der Waals surface area contributed by atoms with Crippen molar-refractivity contribution >= 4 is 20.9 Å². The van der Waals surface area contributed by atoms with Crippen molar-refractivity contribution in [3.05, 3.63) is 59.8 Å². The number of alkyl halides is 3. The van der Waals surface area contributed by atoms with E-state index in [1.54, 1.807) is 12.1 Å². The number of rotatable bonds is 5. The fraction of sp³-hybridized carbons (Fsp3) is 0.333. The molecule has 0 radical (unpaired) electrons. The molecule has 6 nitrogen and oxygen atoms in total. The van der Waals surface area contributed by atoms with Crippen LogP contribution in [0.5, 0.6) is 5.75 Å². The van der Waals surface area contributed by atoms with Crippen LogP contribution in [0.1, 0.15) is 11.1 Å². The summed E-state index contributed by atoms with van der Waals surface area (Å²) >= 11 is 0. The first-order valence-corrected chi connectivity index (χ1v) is 11.2. The van der Waals surface area contributed by atoms with Crippen LogP contribution < -0.4 is 10.1 Å². The molecule has 2 aromatic carbocycles. The lowest BCUT2D eigenvalue weighted by molar-refractivity contribution is -0.137. The number of halogens is 3. The third-order valence-electron chi connectivity index (χ3n) is 5.39. The quantitative estimate of drug-likeness (QED) is 0.642. The zero-order valence-corrected chi connectivity index (χ0v) is 17.6. The molecule has 1 aliphatic heterocycles. The number of nitrogens with zero attached hydrogens (tertiary/aromatic N) is 2. The van der Waals surface area contributed by atoms with Crippen molar-refractivity contribution < 1.29 is 26.3 Å². The molecule has 1 aromatic heterocycles. The van der Waals surface area contributed by atoms with E-state index in [1.165, 1.54) is 13.3 Å². The average molecular weight is 453 g/mol. The standard InChI is InChI=1S/C21H22F3N3O3S/c1-30-17-11-15(14-26-9-6-25-7-10-26)19-5-8-27(20(19)13-17)31(28,29)18-4-2-3-16(12-18)21(22,23)24/h2-5,8,11-13,25H,6-7,9-10,14H2,1H3. The van der Waals surface area contributed by atoms with Gasteiger partial charge in [-0.05, 0) is 35.9 Å². The van der Waals surface area contributed by atoms with E-state index < -0.39 is 26.7 Å². The SMILES string of the molecule is COc1cc(CN2CCNCC2)c2ccn(S(=O)(=O)c3cccc(C(F)(F)F)c3)c2c1. The fourth-order valence-electron chi connectivity index (χ4n) is 3.78. The predicted octanol–water partition coefficient (Wildman–Crippen LogP) is 3.31. The van der Waals surface area contributed by atoms with Crippen LogP contribution in [0.25, 0.3) is 10.9 Å². The summed E-state index contributed by atoms with van der Waals surface area (Å²) in [4.78, 5) is 1.83. The second kappa shape index (κ2) is 8.18. The van der Waals surface area contributed by atoms with Crippen molar-refractivity contribution in [3.63, 3.8) is 0 Å². The Balaban J connectivity index is 1.80. The Hall–Kier alpha value is -2.56. The van der Waals surface area contributed by atoms with Gasteiger partial charge >= 0.3 is 6.18 Å². The highest BCUT2D eigenvalue weighted by Crippen LogP contribution is 2.33. The van der Waals surface area contributed by atoms with Gasteiger partial charge in [-0.2, -0.15) is 13.2 Å². The summed E-state index contributed by atoms with van der Waals surface area (Å²) in [5.41, 5.74) is 0.248. The molecule has 0 spiro atoms. The van der Waals surface area contributed by atoms with Gasteiger partial charge in [0.15, 0.2) is 0 Å². The van der Waals surface area contributed by atoms with Crippen LogP contribution in [0.2, 0.25) is 0 Å². The summed E-state index contributed by atoms with van der Waals surface area (Å²) in [5, 5.41) is 4.01. The molecule has 0 aliphatic carbocycles. The number of hydrogen-bond donors (Lipinski definition) is 1. The van der Waals surface area contributed by atoms with Crippen molar-refractivity contribution in [3.8, 4) is 5.75 Å². The minimum Gasteiger partial charge on any atom is -0.497 e. The van der Waals surface area contributed by atoms with Gasteiger partial charge in [0, 0.05) is 50.4 Å². The van der Waals surface area contributed by atoms with Crippen molar-refractivity contribution in [1.82, 2.24) is 14.2 Å². The molecule has 2 heterocycles. The number of ether oxygens (including phenoxy) is 1. The Kier molecular flexibility index (Phi) is 5.71. The van der Waals surface area contributed by atoms with E-state index in [0.717, 1.165) is 59.3 Å². The summed E-state index contributed by atoms with van der Waals surface area (Å²) in [6.07, 6.45) is -3.26. The maximum atomic E-state index is 13.2. The van der Waals surface area contributed by atoms with Crippen LogP contribution in [0.3, 0.4) is 0 Å². The number of benzene rings is 2. The van der Waals surface area contributed by atoms with E-state index in [9.17, 15) is 21.6 Å². The van der Waals surface area contributed by atoms with E-state index >= 15 is 0 Å². The molecule has 0 bridgehead atoms. The Bertz CT molecular complexity index is 1200. The highest BCUT2D eigenvalue weighted by molar-refractivity contribution is 7.90. The lowest BCUT2D eigenvalue weighted by atomic mass is 10.1. The molecule has 166 valence electrons. The summed E-state index contributed by atoms with van der Waals surface area (Å²) in [6.45, 7) is 4.09. The summed E-state index contributed by atoms with van der Waals surface area (Å²) in [5.74, 6) is 0.483. The van der Waals surface area contributed by atoms with Gasteiger partial charge in [0.1, 0.15) is 5.75 Å². The molecule has 3 aromatic rings. The molecule has 0 saturated carbocycles. The molecule has 0 amide bonds. The van der Waals surface area contributed by atoms with Gasteiger partial charge in [-0.25, -0.2) is 12.4 Å². The van der Waals surface area contributed by atoms with Gasteiger partial charge in [-0.1, -0.05) is 6.07 Å². The summed E-state index contributed by atoms with van der Waals surface area (Å²) < 4.78 is 72.1. The summed E-state index contributed by atoms with van der Waals surface area (Å²) in [6, 6.07) is 8.89. The molecule has 10 heteroatoms. The van der Waals surface area contributed by atoms with Crippen molar-refractivity contribution in [2.75, 3.05) is 33.3 Å². The van der Waals surface area contributed by atoms with E-state index in [0.29, 0.717) is 23.9 Å². The average Bonchev–Trinajstić information content (AvgIpc) is 3.19. The number of aromatic nitrogens is 1. The third kappa shape index (κ3) is 4.28. The Morgan fingerprint density at radius 1 is 1.10 bits per heavy atom. The second-order valence-corrected chi connectivity index (χ2v) is 9.20. The molecule has 1 fully saturated rings. The van der Waals surface area contributed by atoms with E-state index in [4.69, 9.17) is 4.74 Å². The third-order valence-corrected chi connectivity index (χ3v) is 7.07. The van der Waals surface area contributed by atoms with Gasteiger partial charge in [-0.3, -0.25) is 4.90 Å². The first-order valence-electron chi connectivity index (χ1n) is 9.74. The van der Waals surface area contributed by atoms with E-state index in [-0.39, 0.29) is 0 Å². The normalized spacial score (nSPS) is 16.0. The first-order chi connectivity index (χ1) is 14.7. The minimum atomic E-state index is -4.63. The minimum absolute atomic E-state index is 0.363. The van der Waals surface area contributed by atoms with Crippen molar-refractivity contribution in [2.45, 2.75) is 17.6 Å². The van der Waals surface area contributed by atoms with Crippen LogP contribution >= 0.6 is 0 Å². The van der Waals surface area contributed by atoms with Gasteiger partial charge < -0.3 is 10.1 Å². The molecule has 0 atom stereocenters. The first kappa shape index (κ1) is 21.7. The lowest BCUT2D eigenvalue weighted by Gasteiger charge is -2.27. The second-order valence-electron chi connectivity index (χ2n) is 7.39. The maximum absolute atomic E-state index is 13.2. The smallest absolute Gasteiger partial charge is 0.416 e. The highest BCUT2D eigenvalue weighted by atomic mass is 32.2. The molecular weight excluding hydrogens is 431 g/mol. The fourth-order valence-corrected chi connectivity index (χ4v) is 5.16. The van der Waals surface area contributed by atoms with Gasteiger partial charge in [0.25, 0.3) is 10.0 Å². The Labute approximate surface area is 178 Å². The molecule has 1 aliphatic rings. The van der Waals surface area contributed by atoms with Crippen LogP contribution in [0, 0.1) is 0 Å². The molecule has 1 saturated heterocycles. The number of methoxy groups -OCH3 is 1. The predicted molar refractivity (Wildman–Crippen MR) is 111 cm³/mol. The molecule has 0 unspecified atom stereocenters. The van der Waals surface area contributed by atoms with Crippen molar-refractivity contribution in [2.24, 2.45) is 0 Å². The number of fused-ring (bicyclic) bond motifs is 1. The van der Waals surface area contributed by atoms with Crippen LogP contribution in [-0.2, 0) is 22.7 Å². The number of nitrogens with one attached hydrogen (secondary N) is 1. The van der Waals surface area contributed by atoms with Gasteiger partial charge in [-0.15, -0.1) is 0 Å². The van der Waals surface area contributed by atoms with E-state index in [1.807, 2.05) is 6.07 Å². The molecular formula is C21H22F3N3O3S. The Morgan fingerprint density at radius 3 is 2.52 bits per heavy atom. The Morgan fingerprint density at radius 2 is 1.84 bits per heavy atom. The highest BCUT2D eigenvalue weighted by Gasteiger charge is 2.32. The van der Waals surface area contributed by atoms with Crippen molar-refractivity contribution in [1.29, 1.82) is 0 Å². The maximum Gasteiger partial charge on any atom is 0.416 e. The molecule has 4 rings (SSSR count). The van der Waals surface area contributed by atoms with Gasteiger partial charge in [0.2, 0.25) is 0 Å². The molecule has 1 N–H and O–H groups in total. The lowest BCUT2D eigenvalue weighted by Crippen LogP contribution is -2.42. The topological polar surface area (TPSA) is 63.6 Å². The van der Waals surface area contributed by atoms with Crippen LogP contribution in [0.4, 0.5) is 13.2 Å². The number of hydrogen-bond acceptors (Lipinski definition) is 5. The monoisotopic (exact) mass is 453 g/mol. The van der Waals surface area contributed by atoms with Crippen LogP contribution in [0.15, 0.2) is 53.6 Å². The number of piperazine rings is 1.